The Hall–Kier alpha value is -0.660. The van der Waals surface area contributed by atoms with Crippen molar-refractivity contribution >= 4 is 21.4 Å². The molecule has 102 valence electrons. The molecule has 0 saturated carbocycles. The van der Waals surface area contributed by atoms with Gasteiger partial charge in [0.25, 0.3) is 10.0 Å². The number of aryl methyl sites for hydroxylation is 1. The van der Waals surface area contributed by atoms with Gasteiger partial charge >= 0.3 is 4.87 Å². The summed E-state index contributed by atoms with van der Waals surface area (Å²) in [5.41, 5.74) is 0.447. The number of aromatic amines is 1. The van der Waals surface area contributed by atoms with E-state index in [1.54, 1.807) is 6.92 Å². The molecule has 1 saturated heterocycles. The highest BCUT2D eigenvalue weighted by molar-refractivity contribution is 7.91. The van der Waals surface area contributed by atoms with Crippen LogP contribution in [0.2, 0.25) is 0 Å². The van der Waals surface area contributed by atoms with Crippen molar-refractivity contribution in [1.29, 1.82) is 0 Å². The molecule has 0 atom stereocenters. The molecule has 1 N–H and O–H groups in total. The van der Waals surface area contributed by atoms with Crippen LogP contribution in [0.15, 0.2) is 9.00 Å². The molecular weight excluding hydrogens is 272 g/mol. The van der Waals surface area contributed by atoms with Crippen LogP contribution in [0.25, 0.3) is 0 Å². The van der Waals surface area contributed by atoms with Gasteiger partial charge in [0.1, 0.15) is 0 Å². The number of rotatable bonds is 3. The molecule has 5 nitrogen and oxygen atoms in total. The minimum Gasteiger partial charge on any atom is -0.315 e. The maximum Gasteiger partial charge on any atom is 0.305 e. The third-order valence-corrected chi connectivity index (χ3v) is 6.99. The average Bonchev–Trinajstić information content (AvgIpc) is 2.69. The van der Waals surface area contributed by atoms with Crippen molar-refractivity contribution in [2.75, 3.05) is 13.1 Å². The molecule has 2 rings (SSSR count). The summed E-state index contributed by atoms with van der Waals surface area (Å²) in [6, 6.07) is 0. The van der Waals surface area contributed by atoms with Gasteiger partial charge in [0, 0.05) is 18.8 Å². The van der Waals surface area contributed by atoms with Gasteiger partial charge in [-0.15, -0.1) is 0 Å². The zero-order valence-corrected chi connectivity index (χ0v) is 12.2. The molecule has 1 aromatic rings. The quantitative estimate of drug-likeness (QED) is 0.918. The summed E-state index contributed by atoms with van der Waals surface area (Å²) in [6.07, 6.45) is 2.92. The zero-order valence-electron chi connectivity index (χ0n) is 10.6. The average molecular weight is 290 g/mol. The number of hydrogen-bond acceptors (Lipinski definition) is 4. The highest BCUT2D eigenvalue weighted by Crippen LogP contribution is 2.27. The van der Waals surface area contributed by atoms with Crippen LogP contribution in [-0.4, -0.2) is 30.8 Å². The molecule has 0 aromatic carbocycles. The van der Waals surface area contributed by atoms with E-state index in [2.05, 4.69) is 11.9 Å². The summed E-state index contributed by atoms with van der Waals surface area (Å²) in [5, 5.41) is 0. The van der Waals surface area contributed by atoms with Crippen LogP contribution >= 0.6 is 11.3 Å². The van der Waals surface area contributed by atoms with Crippen LogP contribution in [0.4, 0.5) is 0 Å². The summed E-state index contributed by atoms with van der Waals surface area (Å²) >= 11 is 0.781. The lowest BCUT2D eigenvalue weighted by atomic mass is 9.96. The molecule has 18 heavy (non-hydrogen) atoms. The van der Waals surface area contributed by atoms with E-state index in [0.29, 0.717) is 24.7 Å². The Bertz CT molecular complexity index is 565. The molecule has 0 spiro atoms. The van der Waals surface area contributed by atoms with E-state index in [9.17, 15) is 13.2 Å². The number of piperidine rings is 1. The summed E-state index contributed by atoms with van der Waals surface area (Å²) in [5.74, 6) is 0.627. The first-order chi connectivity index (χ1) is 8.45. The van der Waals surface area contributed by atoms with Gasteiger partial charge in [-0.25, -0.2) is 8.42 Å². The number of H-pyrrole nitrogens is 1. The lowest BCUT2D eigenvalue weighted by Gasteiger charge is -2.30. The minimum atomic E-state index is -3.48. The first-order valence-electron chi connectivity index (χ1n) is 6.15. The third-order valence-electron chi connectivity index (χ3n) is 3.51. The van der Waals surface area contributed by atoms with E-state index in [4.69, 9.17) is 0 Å². The second-order valence-corrected chi connectivity index (χ2v) is 7.80. The van der Waals surface area contributed by atoms with Crippen LogP contribution in [-0.2, 0) is 10.0 Å². The molecule has 1 aliphatic heterocycles. The number of sulfonamides is 1. The Morgan fingerprint density at radius 1 is 1.39 bits per heavy atom. The topological polar surface area (TPSA) is 70.2 Å². The maximum atomic E-state index is 12.4. The fraction of sp³-hybridized carbons (Fsp3) is 0.727. The van der Waals surface area contributed by atoms with Gasteiger partial charge in [-0.3, -0.25) is 4.79 Å². The van der Waals surface area contributed by atoms with Crippen LogP contribution in [0.5, 0.6) is 0 Å². The van der Waals surface area contributed by atoms with E-state index in [-0.39, 0.29) is 9.08 Å². The second-order valence-electron chi connectivity index (χ2n) is 4.68. The Balaban J connectivity index is 2.23. The monoisotopic (exact) mass is 290 g/mol. The molecule has 7 heteroatoms. The van der Waals surface area contributed by atoms with Gasteiger partial charge in [-0.1, -0.05) is 24.7 Å². The van der Waals surface area contributed by atoms with Crippen molar-refractivity contribution in [2.24, 2.45) is 5.92 Å². The van der Waals surface area contributed by atoms with Crippen LogP contribution < -0.4 is 4.87 Å². The van der Waals surface area contributed by atoms with E-state index in [0.717, 1.165) is 30.6 Å². The summed E-state index contributed by atoms with van der Waals surface area (Å²) in [7, 11) is -3.48. The molecule has 0 bridgehead atoms. The van der Waals surface area contributed by atoms with Crippen molar-refractivity contribution < 1.29 is 8.42 Å². The Labute approximate surface area is 111 Å². The maximum absolute atomic E-state index is 12.4. The fourth-order valence-electron chi connectivity index (χ4n) is 2.31. The molecule has 1 aliphatic rings. The summed E-state index contributed by atoms with van der Waals surface area (Å²) < 4.78 is 26.5. The summed E-state index contributed by atoms with van der Waals surface area (Å²) in [6.45, 7) is 4.89. The van der Waals surface area contributed by atoms with Crippen LogP contribution in [0.1, 0.15) is 31.9 Å². The van der Waals surface area contributed by atoms with Crippen molar-refractivity contribution in [3.8, 4) is 0 Å². The summed E-state index contributed by atoms with van der Waals surface area (Å²) in [4.78, 5) is 13.4. The Morgan fingerprint density at radius 3 is 2.44 bits per heavy atom. The smallest absolute Gasteiger partial charge is 0.305 e. The number of hydrogen-bond donors (Lipinski definition) is 1. The van der Waals surface area contributed by atoms with E-state index < -0.39 is 10.0 Å². The van der Waals surface area contributed by atoms with Gasteiger partial charge in [0.2, 0.25) is 0 Å². The van der Waals surface area contributed by atoms with Crippen molar-refractivity contribution in [3.05, 3.63) is 15.4 Å². The van der Waals surface area contributed by atoms with E-state index >= 15 is 0 Å². The second kappa shape index (κ2) is 5.14. The van der Waals surface area contributed by atoms with Crippen LogP contribution in [0.3, 0.4) is 0 Å². The first kappa shape index (κ1) is 13.8. The van der Waals surface area contributed by atoms with E-state index in [1.807, 2.05) is 0 Å². The van der Waals surface area contributed by atoms with Gasteiger partial charge in [-0.2, -0.15) is 4.31 Å². The lowest BCUT2D eigenvalue weighted by molar-refractivity contribution is 0.269. The number of aromatic nitrogens is 1. The molecule has 1 aromatic heterocycles. The normalized spacial score (nSPS) is 19.2. The standard InChI is InChI=1S/C11H18N2O3S2/c1-3-9-4-6-13(7-5-9)18(15,16)10-8(2)12-11(14)17-10/h9H,3-7H2,1-2H3,(H,12,14). The Morgan fingerprint density at radius 2 is 2.00 bits per heavy atom. The largest absolute Gasteiger partial charge is 0.315 e. The molecule has 2 heterocycles. The van der Waals surface area contributed by atoms with Crippen LogP contribution in [0, 0.1) is 12.8 Å². The minimum absolute atomic E-state index is 0.169. The number of nitrogens with zero attached hydrogens (tertiary/aromatic N) is 1. The number of nitrogens with one attached hydrogen (secondary N) is 1. The van der Waals surface area contributed by atoms with Gasteiger partial charge in [-0.05, 0) is 25.7 Å². The molecule has 0 aliphatic carbocycles. The van der Waals surface area contributed by atoms with E-state index in [1.165, 1.54) is 4.31 Å². The predicted molar refractivity (Wildman–Crippen MR) is 71.5 cm³/mol. The zero-order chi connectivity index (χ0) is 13.3. The predicted octanol–water partition coefficient (Wildman–Crippen LogP) is 1.56. The van der Waals surface area contributed by atoms with Gasteiger partial charge < -0.3 is 4.98 Å². The highest BCUT2D eigenvalue weighted by Gasteiger charge is 2.31. The van der Waals surface area contributed by atoms with Crippen molar-refractivity contribution in [2.45, 2.75) is 37.3 Å². The number of thiazole rings is 1. The SMILES string of the molecule is CCC1CCN(S(=O)(=O)c2sc(=O)[nH]c2C)CC1. The lowest BCUT2D eigenvalue weighted by Crippen LogP contribution is -2.38. The van der Waals surface area contributed by atoms with Gasteiger partial charge in [0.05, 0.1) is 0 Å². The van der Waals surface area contributed by atoms with Crippen molar-refractivity contribution in [1.82, 2.24) is 9.29 Å². The fourth-order valence-corrected chi connectivity index (χ4v) is 5.22. The highest BCUT2D eigenvalue weighted by atomic mass is 32.2. The molecule has 0 radical (unpaired) electrons. The first-order valence-corrected chi connectivity index (χ1v) is 8.40. The van der Waals surface area contributed by atoms with Crippen molar-refractivity contribution in [3.63, 3.8) is 0 Å². The molecule has 0 amide bonds. The molecule has 1 fully saturated rings. The third kappa shape index (κ3) is 2.53. The molecular formula is C11H18N2O3S2. The molecule has 0 unspecified atom stereocenters. The Kier molecular flexibility index (Phi) is 3.93. The van der Waals surface area contributed by atoms with Gasteiger partial charge in [0.15, 0.2) is 4.21 Å².